The van der Waals surface area contributed by atoms with Gasteiger partial charge in [-0.3, -0.25) is 4.79 Å². The number of unbranched alkanes of at least 4 members (excludes halogenated alkanes) is 7. The van der Waals surface area contributed by atoms with Crippen molar-refractivity contribution in [2.75, 3.05) is 39.6 Å². The normalized spacial score (nSPS) is 21.0. The van der Waals surface area contributed by atoms with E-state index in [-0.39, 0.29) is 18.9 Å². The molecule has 1 heterocycles. The summed E-state index contributed by atoms with van der Waals surface area (Å²) in [5.74, 6) is -0.209. The van der Waals surface area contributed by atoms with Gasteiger partial charge < -0.3 is 44.0 Å². The van der Waals surface area contributed by atoms with Gasteiger partial charge in [0.15, 0.2) is 6.29 Å². The molecule has 3 N–H and O–H groups in total. The van der Waals surface area contributed by atoms with Crippen LogP contribution in [0.3, 0.4) is 0 Å². The molecule has 1 fully saturated rings. The summed E-state index contributed by atoms with van der Waals surface area (Å²) < 4.78 is 38.7. The Labute approximate surface area is 357 Å². The van der Waals surface area contributed by atoms with Crippen LogP contribution in [0.4, 0.5) is 0 Å². The lowest BCUT2D eigenvalue weighted by Gasteiger charge is -2.46. The number of aliphatic hydroxyl groups excluding tert-OH is 2. The number of ether oxygens (including phenoxy) is 6. The third-order valence-electron chi connectivity index (χ3n) is 11.1. The molecule has 1 aliphatic heterocycles. The fraction of sp³-hybridized carbons (Fsp3) is 0.735. The third-order valence-corrected chi connectivity index (χ3v) is 11.1. The quantitative estimate of drug-likeness (QED) is 0.0605. The predicted octanol–water partition coefficient (Wildman–Crippen LogP) is 9.14. The number of rotatable bonds is 33. The molecule has 1 aliphatic rings. The minimum atomic E-state index is -1.26. The van der Waals surface area contributed by atoms with Crippen molar-refractivity contribution in [1.82, 2.24) is 5.32 Å². The van der Waals surface area contributed by atoms with Gasteiger partial charge in [0, 0.05) is 32.8 Å². The van der Waals surface area contributed by atoms with Gasteiger partial charge in [-0.25, -0.2) is 0 Å². The minimum Gasteiger partial charge on any atom is -0.391 e. The molecule has 0 saturated carbocycles. The summed E-state index contributed by atoms with van der Waals surface area (Å²) in [6.45, 7) is 14.6. The van der Waals surface area contributed by atoms with Crippen molar-refractivity contribution in [1.29, 1.82) is 0 Å². The molecule has 0 bridgehead atoms. The van der Waals surface area contributed by atoms with Gasteiger partial charge in [0.25, 0.3) is 0 Å². The van der Waals surface area contributed by atoms with E-state index in [4.69, 9.17) is 28.4 Å². The number of benzene rings is 2. The topological polar surface area (TPSA) is 125 Å². The van der Waals surface area contributed by atoms with Gasteiger partial charge in [-0.05, 0) is 87.0 Å². The molecule has 10 nitrogen and oxygen atoms in total. The lowest BCUT2D eigenvalue weighted by Crippen LogP contribution is -2.63. The lowest BCUT2D eigenvalue weighted by molar-refractivity contribution is -0.325. The number of carbonyl (C=O) groups excluding carboxylic acids is 1. The maximum absolute atomic E-state index is 13.3. The molecule has 0 aromatic heterocycles. The highest BCUT2D eigenvalue weighted by molar-refractivity contribution is 5.76. The van der Waals surface area contributed by atoms with Gasteiger partial charge in [0.05, 0.1) is 25.4 Å². The first-order valence-corrected chi connectivity index (χ1v) is 23.3. The Hall–Kier alpha value is -2.41. The molecule has 1 saturated heterocycles. The highest BCUT2D eigenvalue weighted by atomic mass is 16.7. The van der Waals surface area contributed by atoms with Crippen molar-refractivity contribution in [3.05, 3.63) is 59.7 Å². The van der Waals surface area contributed by atoms with Gasteiger partial charge in [0.1, 0.15) is 30.5 Å². The van der Waals surface area contributed by atoms with Crippen molar-refractivity contribution in [2.24, 2.45) is 0 Å². The first-order valence-electron chi connectivity index (χ1n) is 23.3. The van der Waals surface area contributed by atoms with E-state index < -0.39 is 49.0 Å². The SMILES string of the molecule is CCCCCc1ccc(-c2ccc(CCCCC(=O)N[C@@H](COC3OC(COCCCC)C(OCCCC)C(OCCCC)C3OCCCC)[C@H](O)[C@@H](C)O)cc2)cc1. The monoisotopic (exact) mass is 828 g/mol. The second-order valence-corrected chi connectivity index (χ2v) is 16.3. The molecular weight excluding hydrogens is 747 g/mol. The average Bonchev–Trinajstić information content (AvgIpc) is 3.24. The van der Waals surface area contributed by atoms with Crippen LogP contribution in [0.25, 0.3) is 11.1 Å². The van der Waals surface area contributed by atoms with Crippen LogP contribution in [0.1, 0.15) is 143 Å². The van der Waals surface area contributed by atoms with Crippen molar-refractivity contribution in [3.63, 3.8) is 0 Å². The number of amides is 1. The summed E-state index contributed by atoms with van der Waals surface area (Å²) in [5, 5.41) is 24.5. The molecule has 10 heteroatoms. The summed E-state index contributed by atoms with van der Waals surface area (Å²) >= 11 is 0. The van der Waals surface area contributed by atoms with Gasteiger partial charge in [0.2, 0.25) is 5.91 Å². The van der Waals surface area contributed by atoms with Crippen LogP contribution in [0.2, 0.25) is 0 Å². The van der Waals surface area contributed by atoms with E-state index in [1.54, 1.807) is 0 Å². The number of aryl methyl sites for hydroxylation is 2. The number of aliphatic hydroxyl groups is 2. The standard InChI is InChI=1S/C49H81NO9/c1-7-12-17-20-38-23-27-40(28-24-38)41-29-25-39(26-30-41)21-18-19-22-44(52)50-42(45(53)37(6)51)35-58-49-48(57-34-16-11-5)47(56-33-15-10-4)46(55-32-14-9-3)43(59-49)36-54-31-13-8-2/h23-30,37,42-43,45-49,51,53H,7-22,31-36H2,1-6H3,(H,50,52)/t37-,42+,43?,45-,46?,47?,48?,49?/m1/s1. The Kier molecular flexibility index (Phi) is 26.4. The van der Waals surface area contributed by atoms with Gasteiger partial charge >= 0.3 is 0 Å². The lowest BCUT2D eigenvalue weighted by atomic mass is 9.97. The van der Waals surface area contributed by atoms with Crippen LogP contribution in [0.15, 0.2) is 48.5 Å². The molecule has 3 rings (SSSR count). The molecule has 336 valence electrons. The molecule has 0 aliphatic carbocycles. The summed E-state index contributed by atoms with van der Waals surface area (Å²) in [4.78, 5) is 13.3. The second kappa shape index (κ2) is 30.6. The number of nitrogens with one attached hydrogen (secondary N) is 1. The van der Waals surface area contributed by atoms with Crippen LogP contribution in [0, 0.1) is 0 Å². The summed E-state index contributed by atoms with van der Waals surface area (Å²) in [6, 6.07) is 16.7. The van der Waals surface area contributed by atoms with Crippen molar-refractivity contribution < 1.29 is 43.4 Å². The highest BCUT2D eigenvalue weighted by Crippen LogP contribution is 2.31. The smallest absolute Gasteiger partial charge is 0.220 e. The Bertz CT molecular complexity index is 1340. The first kappa shape index (κ1) is 50.9. The van der Waals surface area contributed by atoms with E-state index in [0.717, 1.165) is 70.6 Å². The van der Waals surface area contributed by atoms with E-state index in [1.807, 2.05) is 0 Å². The zero-order valence-corrected chi connectivity index (χ0v) is 37.5. The van der Waals surface area contributed by atoms with E-state index in [0.29, 0.717) is 39.5 Å². The molecule has 0 radical (unpaired) electrons. The molecule has 2 aromatic rings. The minimum absolute atomic E-state index is 0.101. The summed E-state index contributed by atoms with van der Waals surface area (Å²) in [5.41, 5.74) is 5.04. The zero-order chi connectivity index (χ0) is 42.7. The third kappa shape index (κ3) is 19.0. The molecule has 0 spiro atoms. The largest absolute Gasteiger partial charge is 0.391 e. The maximum atomic E-state index is 13.3. The van der Waals surface area contributed by atoms with Gasteiger partial charge in [-0.2, -0.15) is 0 Å². The molecule has 2 aromatic carbocycles. The fourth-order valence-corrected chi connectivity index (χ4v) is 7.21. The average molecular weight is 828 g/mol. The number of carbonyl (C=O) groups is 1. The van der Waals surface area contributed by atoms with Gasteiger partial charge in [-0.15, -0.1) is 0 Å². The van der Waals surface area contributed by atoms with Gasteiger partial charge in [-0.1, -0.05) is 122 Å². The van der Waals surface area contributed by atoms with E-state index in [9.17, 15) is 15.0 Å². The molecular formula is C49H81NO9. The van der Waals surface area contributed by atoms with Crippen molar-refractivity contribution in [3.8, 4) is 11.1 Å². The Morgan fingerprint density at radius 3 is 1.64 bits per heavy atom. The molecule has 59 heavy (non-hydrogen) atoms. The van der Waals surface area contributed by atoms with Crippen molar-refractivity contribution in [2.45, 2.75) is 193 Å². The van der Waals surface area contributed by atoms with Crippen LogP contribution < -0.4 is 5.32 Å². The van der Waals surface area contributed by atoms with E-state index in [1.165, 1.54) is 48.4 Å². The molecule has 8 atom stereocenters. The van der Waals surface area contributed by atoms with E-state index >= 15 is 0 Å². The maximum Gasteiger partial charge on any atom is 0.220 e. The molecule has 1 amide bonds. The van der Waals surface area contributed by atoms with Crippen LogP contribution in [0.5, 0.6) is 0 Å². The zero-order valence-electron chi connectivity index (χ0n) is 37.5. The number of hydrogen-bond donors (Lipinski definition) is 3. The van der Waals surface area contributed by atoms with Crippen LogP contribution in [-0.4, -0.2) is 105 Å². The Morgan fingerprint density at radius 2 is 1.12 bits per heavy atom. The van der Waals surface area contributed by atoms with E-state index in [2.05, 4.69) is 88.5 Å². The molecule has 5 unspecified atom stereocenters. The second-order valence-electron chi connectivity index (χ2n) is 16.3. The van der Waals surface area contributed by atoms with Crippen LogP contribution in [-0.2, 0) is 46.1 Å². The Balaban J connectivity index is 1.64. The highest BCUT2D eigenvalue weighted by Gasteiger charge is 2.49. The fourth-order valence-electron chi connectivity index (χ4n) is 7.21. The number of hydrogen-bond acceptors (Lipinski definition) is 9. The predicted molar refractivity (Wildman–Crippen MR) is 237 cm³/mol. The van der Waals surface area contributed by atoms with Crippen LogP contribution >= 0.6 is 0 Å². The van der Waals surface area contributed by atoms with Crippen molar-refractivity contribution >= 4 is 5.91 Å². The Morgan fingerprint density at radius 1 is 0.627 bits per heavy atom. The first-order chi connectivity index (χ1) is 28.8. The summed E-state index contributed by atoms with van der Waals surface area (Å²) in [7, 11) is 0. The summed E-state index contributed by atoms with van der Waals surface area (Å²) in [6.07, 6.45) is 9.84.